The fourth-order valence-electron chi connectivity index (χ4n) is 1.39. The molecule has 0 unspecified atom stereocenters. The van der Waals surface area contributed by atoms with Crippen molar-refractivity contribution in [3.63, 3.8) is 0 Å². The maximum absolute atomic E-state index is 10.5. The third kappa shape index (κ3) is 3.27. The quantitative estimate of drug-likeness (QED) is 0.685. The molecule has 1 N–H and O–H groups in total. The van der Waals surface area contributed by atoms with E-state index in [1.807, 2.05) is 6.92 Å². The van der Waals surface area contributed by atoms with Crippen LogP contribution in [0.15, 0.2) is 30.5 Å². The van der Waals surface area contributed by atoms with Gasteiger partial charge in [-0.25, -0.2) is 4.98 Å². The van der Waals surface area contributed by atoms with Crippen LogP contribution in [-0.4, -0.2) is 16.5 Å². The highest BCUT2D eigenvalue weighted by molar-refractivity contribution is 8.93. The van der Waals surface area contributed by atoms with Crippen molar-refractivity contribution in [2.45, 2.75) is 6.92 Å². The summed E-state index contributed by atoms with van der Waals surface area (Å²) in [4.78, 5) is 15.3. The van der Waals surface area contributed by atoms with Crippen LogP contribution in [0.2, 0.25) is 0 Å². The molecule has 0 aliphatic rings. The van der Waals surface area contributed by atoms with Crippen LogP contribution < -0.4 is 5.32 Å². The molecule has 2 rings (SSSR count). The molecule has 96 valence electrons. The van der Waals surface area contributed by atoms with Crippen LogP contribution in [0.5, 0.6) is 0 Å². The molecule has 0 saturated carbocycles. The molecule has 1 aromatic carbocycles. The molecule has 2 aromatic rings. The summed E-state index contributed by atoms with van der Waals surface area (Å²) in [6.45, 7) is 2.83. The molecule has 7 heteroatoms. The van der Waals surface area contributed by atoms with E-state index in [0.717, 1.165) is 22.1 Å². The van der Waals surface area contributed by atoms with Crippen molar-refractivity contribution < 1.29 is 4.92 Å². The Bertz CT molecular complexity index is 527. The van der Waals surface area contributed by atoms with Gasteiger partial charge in [0.15, 0.2) is 5.13 Å². The zero-order valence-corrected chi connectivity index (χ0v) is 12.2. The third-order valence-electron chi connectivity index (χ3n) is 2.20. The molecular weight excluding hydrogens is 318 g/mol. The predicted octanol–water partition coefficient (Wildman–Crippen LogP) is 3.73. The van der Waals surface area contributed by atoms with Crippen molar-refractivity contribution in [3.8, 4) is 10.4 Å². The van der Waals surface area contributed by atoms with Gasteiger partial charge in [-0.3, -0.25) is 10.1 Å². The number of nitrogens with zero attached hydrogens (tertiary/aromatic N) is 2. The van der Waals surface area contributed by atoms with E-state index in [1.54, 1.807) is 18.3 Å². The smallest absolute Gasteiger partial charge is 0.269 e. The molecule has 5 nitrogen and oxygen atoms in total. The molecule has 0 aliphatic heterocycles. The van der Waals surface area contributed by atoms with E-state index in [0.29, 0.717) is 0 Å². The van der Waals surface area contributed by atoms with Gasteiger partial charge < -0.3 is 5.32 Å². The van der Waals surface area contributed by atoms with Crippen molar-refractivity contribution >= 4 is 39.1 Å². The number of nitro benzene ring substituents is 1. The van der Waals surface area contributed by atoms with E-state index in [2.05, 4.69) is 10.3 Å². The predicted molar refractivity (Wildman–Crippen MR) is 78.7 cm³/mol. The van der Waals surface area contributed by atoms with Gasteiger partial charge in [0.25, 0.3) is 5.69 Å². The van der Waals surface area contributed by atoms with E-state index < -0.39 is 4.92 Å². The maximum Gasteiger partial charge on any atom is 0.269 e. The molecule has 0 bridgehead atoms. The third-order valence-corrected chi connectivity index (χ3v) is 3.20. The molecule has 18 heavy (non-hydrogen) atoms. The van der Waals surface area contributed by atoms with Gasteiger partial charge in [0.2, 0.25) is 0 Å². The Hall–Kier alpha value is -1.47. The first-order valence-corrected chi connectivity index (χ1v) is 5.97. The molecule has 0 aliphatic carbocycles. The van der Waals surface area contributed by atoms with E-state index in [-0.39, 0.29) is 22.7 Å². The zero-order chi connectivity index (χ0) is 12.3. The fraction of sp³-hybridized carbons (Fsp3) is 0.182. The minimum atomic E-state index is -0.402. The summed E-state index contributed by atoms with van der Waals surface area (Å²) < 4.78 is 0. The number of aromatic nitrogens is 1. The highest BCUT2D eigenvalue weighted by atomic mass is 79.9. The Balaban J connectivity index is 0.00000162. The fourth-order valence-corrected chi connectivity index (χ4v) is 2.28. The van der Waals surface area contributed by atoms with Gasteiger partial charge in [0.05, 0.1) is 9.80 Å². The molecule has 1 aromatic heterocycles. The van der Waals surface area contributed by atoms with Crippen LogP contribution in [0, 0.1) is 10.1 Å². The van der Waals surface area contributed by atoms with Crippen molar-refractivity contribution in [2.24, 2.45) is 0 Å². The number of benzene rings is 1. The van der Waals surface area contributed by atoms with E-state index in [4.69, 9.17) is 0 Å². The van der Waals surface area contributed by atoms with E-state index in [9.17, 15) is 10.1 Å². The van der Waals surface area contributed by atoms with Crippen LogP contribution >= 0.6 is 28.3 Å². The highest BCUT2D eigenvalue weighted by Gasteiger charge is 2.07. The summed E-state index contributed by atoms with van der Waals surface area (Å²) in [5, 5.41) is 14.5. The number of nitro groups is 1. The lowest BCUT2D eigenvalue weighted by Crippen LogP contribution is -1.94. The molecule has 0 atom stereocenters. The Morgan fingerprint density at radius 3 is 2.61 bits per heavy atom. The second kappa shape index (κ2) is 6.46. The molecule has 0 radical (unpaired) electrons. The number of non-ortho nitro benzene ring substituents is 1. The van der Waals surface area contributed by atoms with Gasteiger partial charge >= 0.3 is 0 Å². The van der Waals surface area contributed by atoms with Crippen LogP contribution in [0.1, 0.15) is 6.92 Å². The first-order chi connectivity index (χ1) is 8.20. The summed E-state index contributed by atoms with van der Waals surface area (Å²) in [7, 11) is 0. The molecule has 1 heterocycles. The summed E-state index contributed by atoms with van der Waals surface area (Å²) in [6.07, 6.45) is 1.77. The zero-order valence-electron chi connectivity index (χ0n) is 9.62. The van der Waals surface area contributed by atoms with E-state index >= 15 is 0 Å². The molecule has 0 amide bonds. The number of thiazole rings is 1. The van der Waals surface area contributed by atoms with Crippen molar-refractivity contribution in [2.75, 3.05) is 11.9 Å². The van der Waals surface area contributed by atoms with Crippen LogP contribution in [0.25, 0.3) is 10.4 Å². The Morgan fingerprint density at radius 2 is 2.06 bits per heavy atom. The topological polar surface area (TPSA) is 68.1 Å². The molecular formula is C11H12BrN3O2S. The van der Waals surface area contributed by atoms with Gasteiger partial charge in [-0.15, -0.1) is 17.0 Å². The normalized spacial score (nSPS) is 9.61. The molecule has 0 fully saturated rings. The standard InChI is InChI=1S/C11H11N3O2S.BrH/c1-2-12-11-13-7-10(17-11)8-3-5-9(6-4-8)14(15)16;/h3-7H,2H2,1H3,(H,12,13);1H. The minimum absolute atomic E-state index is 0. The number of hydrogen-bond acceptors (Lipinski definition) is 5. The number of halogens is 1. The monoisotopic (exact) mass is 329 g/mol. The van der Waals surface area contributed by atoms with Gasteiger partial charge in [-0.1, -0.05) is 11.3 Å². The SMILES string of the molecule is Br.CCNc1ncc(-c2ccc([N+](=O)[O-])cc2)s1. The first kappa shape index (κ1) is 14.6. The second-order valence-electron chi connectivity index (χ2n) is 3.36. The Kier molecular flexibility index (Phi) is 5.24. The van der Waals surface area contributed by atoms with Crippen LogP contribution in [0.3, 0.4) is 0 Å². The van der Waals surface area contributed by atoms with Gasteiger partial charge in [0.1, 0.15) is 0 Å². The number of hydrogen-bond donors (Lipinski definition) is 1. The lowest BCUT2D eigenvalue weighted by atomic mass is 10.2. The number of nitrogens with one attached hydrogen (secondary N) is 1. The summed E-state index contributed by atoms with van der Waals surface area (Å²) >= 11 is 1.53. The summed E-state index contributed by atoms with van der Waals surface area (Å²) in [6, 6.07) is 6.48. The molecule has 0 saturated heterocycles. The van der Waals surface area contributed by atoms with Crippen LogP contribution in [0.4, 0.5) is 10.8 Å². The van der Waals surface area contributed by atoms with Gasteiger partial charge in [0, 0.05) is 24.9 Å². The maximum atomic E-state index is 10.5. The second-order valence-corrected chi connectivity index (χ2v) is 4.39. The number of anilines is 1. The van der Waals surface area contributed by atoms with Gasteiger partial charge in [-0.05, 0) is 24.6 Å². The van der Waals surface area contributed by atoms with Crippen molar-refractivity contribution in [1.29, 1.82) is 0 Å². The molecule has 0 spiro atoms. The lowest BCUT2D eigenvalue weighted by Gasteiger charge is -1.96. The summed E-state index contributed by atoms with van der Waals surface area (Å²) in [5.41, 5.74) is 1.04. The largest absolute Gasteiger partial charge is 0.362 e. The Labute approximate surface area is 119 Å². The number of rotatable bonds is 4. The summed E-state index contributed by atoms with van der Waals surface area (Å²) in [5.74, 6) is 0. The Morgan fingerprint density at radius 1 is 1.39 bits per heavy atom. The van der Waals surface area contributed by atoms with Gasteiger partial charge in [-0.2, -0.15) is 0 Å². The van der Waals surface area contributed by atoms with Crippen LogP contribution in [-0.2, 0) is 0 Å². The average Bonchev–Trinajstić information content (AvgIpc) is 2.78. The van der Waals surface area contributed by atoms with E-state index in [1.165, 1.54) is 23.5 Å². The minimum Gasteiger partial charge on any atom is -0.362 e. The highest BCUT2D eigenvalue weighted by Crippen LogP contribution is 2.29. The average molecular weight is 330 g/mol. The lowest BCUT2D eigenvalue weighted by molar-refractivity contribution is -0.384. The van der Waals surface area contributed by atoms with Crippen molar-refractivity contribution in [3.05, 3.63) is 40.6 Å². The first-order valence-electron chi connectivity index (χ1n) is 5.15. The van der Waals surface area contributed by atoms with Crippen molar-refractivity contribution in [1.82, 2.24) is 4.98 Å².